The number of aromatic nitrogens is 4. The van der Waals surface area contributed by atoms with Crippen molar-refractivity contribution in [1.82, 2.24) is 28.9 Å². The zero-order valence-electron chi connectivity index (χ0n) is 17.7. The molecule has 0 saturated carbocycles. The number of piperidine rings is 4. The number of hydrogen-bond acceptors (Lipinski definition) is 4. The zero-order chi connectivity index (χ0) is 19.4. The van der Waals surface area contributed by atoms with Gasteiger partial charge < -0.3 is 18.9 Å². The third-order valence-electron chi connectivity index (χ3n) is 8.50. The first-order chi connectivity index (χ1) is 14.2. The van der Waals surface area contributed by atoms with Crippen LogP contribution in [0, 0.1) is 17.8 Å². The maximum atomic E-state index is 4.75. The molecular weight excluding hydrogens is 360 g/mol. The molecule has 0 spiro atoms. The highest BCUT2D eigenvalue weighted by molar-refractivity contribution is 5.44. The largest absolute Gasteiger partial charge is 0.328 e. The highest BCUT2D eigenvalue weighted by Crippen LogP contribution is 2.38. The van der Waals surface area contributed by atoms with Gasteiger partial charge in [0.25, 0.3) is 0 Å². The Bertz CT molecular complexity index is 833. The Labute approximate surface area is 173 Å². The van der Waals surface area contributed by atoms with Crippen molar-refractivity contribution in [2.24, 2.45) is 17.8 Å². The lowest BCUT2D eigenvalue weighted by Gasteiger charge is -2.45. The molecule has 29 heavy (non-hydrogen) atoms. The summed E-state index contributed by atoms with van der Waals surface area (Å²) in [6, 6.07) is 1.59. The van der Waals surface area contributed by atoms with Crippen LogP contribution in [0.1, 0.15) is 38.5 Å². The van der Waals surface area contributed by atoms with Crippen molar-refractivity contribution in [1.29, 1.82) is 0 Å². The molecule has 5 saturated heterocycles. The van der Waals surface area contributed by atoms with Gasteiger partial charge >= 0.3 is 0 Å². The molecule has 3 unspecified atom stereocenters. The van der Waals surface area contributed by atoms with Crippen LogP contribution in [0.4, 0.5) is 0 Å². The smallest absolute Gasteiger partial charge is 0.176 e. The maximum absolute atomic E-state index is 4.75. The second-order valence-electron chi connectivity index (χ2n) is 10.1. The highest BCUT2D eigenvalue weighted by atomic mass is 15.2. The fourth-order valence-corrected chi connectivity index (χ4v) is 6.82. The van der Waals surface area contributed by atoms with E-state index in [1.165, 1.54) is 58.2 Å². The van der Waals surface area contributed by atoms with Gasteiger partial charge in [0.15, 0.2) is 11.6 Å². The van der Waals surface area contributed by atoms with Crippen molar-refractivity contribution >= 4 is 0 Å². The van der Waals surface area contributed by atoms with Crippen LogP contribution in [0.5, 0.6) is 0 Å². The topological polar surface area (TPSA) is 42.1 Å². The van der Waals surface area contributed by atoms with E-state index < -0.39 is 0 Å². The van der Waals surface area contributed by atoms with Gasteiger partial charge in [0.1, 0.15) is 0 Å². The van der Waals surface area contributed by atoms with E-state index >= 15 is 0 Å². The Kier molecular flexibility index (Phi) is 4.53. The molecule has 0 N–H and O–H groups in total. The average Bonchev–Trinajstić information content (AvgIpc) is 3.42. The fraction of sp³-hybridized carbons (Fsp3) is 0.739. The summed E-state index contributed by atoms with van der Waals surface area (Å²) in [7, 11) is 2.33. The minimum atomic E-state index is 0.762. The van der Waals surface area contributed by atoms with Gasteiger partial charge in [0.05, 0.1) is 0 Å². The van der Waals surface area contributed by atoms with E-state index in [-0.39, 0.29) is 0 Å². The SMILES string of the molecule is CN1C2CCC1CC(Cn1ccnc1-c1nccn1CC1CN3CCC1CC3)C2. The summed E-state index contributed by atoms with van der Waals surface area (Å²) >= 11 is 0. The molecule has 156 valence electrons. The second kappa shape index (κ2) is 7.24. The minimum absolute atomic E-state index is 0.762. The summed E-state index contributed by atoms with van der Waals surface area (Å²) in [4.78, 5) is 14.8. The Morgan fingerprint density at radius 2 is 1.48 bits per heavy atom. The first-order valence-corrected chi connectivity index (χ1v) is 11.7. The fourth-order valence-electron chi connectivity index (χ4n) is 6.82. The predicted molar refractivity (Wildman–Crippen MR) is 113 cm³/mol. The standard InChI is InChI=1S/C23H34N6/c1-26-20-2-3-21(26)13-17(12-20)14-28-10-6-24-22(28)23-25-7-11-29(23)16-19-15-27-8-4-18(19)5-9-27/h6-7,10-11,17-21H,2-5,8-9,12-16H2,1H3. The Morgan fingerprint density at radius 1 is 0.862 bits per heavy atom. The van der Waals surface area contributed by atoms with E-state index in [0.717, 1.165) is 54.6 Å². The van der Waals surface area contributed by atoms with E-state index in [1.54, 1.807) is 0 Å². The molecule has 5 fully saturated rings. The molecule has 6 heteroatoms. The van der Waals surface area contributed by atoms with Crippen LogP contribution >= 0.6 is 0 Å². The van der Waals surface area contributed by atoms with Gasteiger partial charge in [-0.15, -0.1) is 0 Å². The number of imidazole rings is 2. The molecule has 0 amide bonds. The summed E-state index contributed by atoms with van der Waals surface area (Å²) < 4.78 is 4.76. The molecule has 7 rings (SSSR count). The van der Waals surface area contributed by atoms with Crippen molar-refractivity contribution in [2.75, 3.05) is 26.7 Å². The maximum Gasteiger partial charge on any atom is 0.176 e. The van der Waals surface area contributed by atoms with Gasteiger partial charge in [-0.25, -0.2) is 9.97 Å². The van der Waals surface area contributed by atoms with Gasteiger partial charge in [0.2, 0.25) is 0 Å². The van der Waals surface area contributed by atoms with E-state index in [1.807, 2.05) is 12.4 Å². The molecule has 0 aliphatic carbocycles. The van der Waals surface area contributed by atoms with Crippen molar-refractivity contribution in [3.05, 3.63) is 24.8 Å². The van der Waals surface area contributed by atoms with Crippen LogP contribution in [-0.4, -0.2) is 67.7 Å². The number of rotatable bonds is 5. The molecule has 0 aromatic carbocycles. The van der Waals surface area contributed by atoms with E-state index in [9.17, 15) is 0 Å². The third kappa shape index (κ3) is 3.25. The number of fused-ring (bicyclic) bond motifs is 5. The van der Waals surface area contributed by atoms with Gasteiger partial charge in [0, 0.05) is 56.5 Å². The van der Waals surface area contributed by atoms with Gasteiger partial charge in [-0.1, -0.05) is 0 Å². The van der Waals surface area contributed by atoms with Crippen LogP contribution in [0.3, 0.4) is 0 Å². The van der Waals surface area contributed by atoms with E-state index in [2.05, 4.69) is 38.4 Å². The summed E-state index contributed by atoms with van der Waals surface area (Å²) in [6.45, 7) is 6.04. The minimum Gasteiger partial charge on any atom is -0.328 e. The number of hydrogen-bond donors (Lipinski definition) is 0. The molecule has 7 heterocycles. The van der Waals surface area contributed by atoms with E-state index in [0.29, 0.717) is 0 Å². The van der Waals surface area contributed by atoms with Crippen LogP contribution in [0.2, 0.25) is 0 Å². The first kappa shape index (κ1) is 18.1. The van der Waals surface area contributed by atoms with Crippen molar-refractivity contribution in [3.63, 3.8) is 0 Å². The first-order valence-electron chi connectivity index (χ1n) is 11.7. The molecule has 4 bridgehead atoms. The van der Waals surface area contributed by atoms with Crippen molar-refractivity contribution in [3.8, 4) is 11.6 Å². The lowest BCUT2D eigenvalue weighted by Crippen LogP contribution is -2.48. The summed E-state index contributed by atoms with van der Waals surface area (Å²) in [5, 5.41) is 0. The Hall–Kier alpha value is -1.66. The molecule has 0 radical (unpaired) electrons. The molecule has 5 aliphatic heterocycles. The van der Waals surface area contributed by atoms with Gasteiger partial charge in [-0.3, -0.25) is 0 Å². The average molecular weight is 395 g/mol. The van der Waals surface area contributed by atoms with E-state index in [4.69, 9.17) is 9.97 Å². The third-order valence-corrected chi connectivity index (χ3v) is 8.50. The summed E-state index contributed by atoms with van der Waals surface area (Å²) in [5.74, 6) is 4.54. The molecule has 3 atom stereocenters. The Morgan fingerprint density at radius 3 is 2.07 bits per heavy atom. The second-order valence-corrected chi connectivity index (χ2v) is 10.1. The summed E-state index contributed by atoms with van der Waals surface area (Å²) in [5.41, 5.74) is 0. The van der Waals surface area contributed by atoms with Crippen LogP contribution in [0.15, 0.2) is 24.8 Å². The van der Waals surface area contributed by atoms with Crippen molar-refractivity contribution in [2.45, 2.75) is 63.7 Å². The van der Waals surface area contributed by atoms with Crippen LogP contribution in [0.25, 0.3) is 11.6 Å². The molecule has 2 aromatic heterocycles. The predicted octanol–water partition coefficient (Wildman–Crippen LogP) is 2.96. The lowest BCUT2D eigenvalue weighted by molar-refractivity contribution is 0.0425. The van der Waals surface area contributed by atoms with Crippen LogP contribution in [-0.2, 0) is 13.1 Å². The summed E-state index contributed by atoms with van der Waals surface area (Å²) in [6.07, 6.45) is 16.5. The molecule has 5 aliphatic rings. The zero-order valence-corrected chi connectivity index (χ0v) is 17.7. The van der Waals surface area contributed by atoms with Crippen molar-refractivity contribution < 1.29 is 0 Å². The van der Waals surface area contributed by atoms with Crippen LogP contribution < -0.4 is 0 Å². The van der Waals surface area contributed by atoms with Gasteiger partial charge in [-0.2, -0.15) is 0 Å². The highest BCUT2D eigenvalue weighted by Gasteiger charge is 2.38. The monoisotopic (exact) mass is 394 g/mol. The lowest BCUT2D eigenvalue weighted by atomic mass is 9.79. The molecular formula is C23H34N6. The molecule has 6 nitrogen and oxygen atoms in total. The number of nitrogens with zero attached hydrogens (tertiary/aromatic N) is 6. The molecule has 2 aromatic rings. The van der Waals surface area contributed by atoms with Gasteiger partial charge in [-0.05, 0) is 76.4 Å². The quantitative estimate of drug-likeness (QED) is 0.782. The normalized spacial score (nSPS) is 36.7. The Balaban J connectivity index is 1.19.